The van der Waals surface area contributed by atoms with Crippen LogP contribution in [0.3, 0.4) is 0 Å². The monoisotopic (exact) mass is 434 g/mol. The van der Waals surface area contributed by atoms with Gasteiger partial charge < -0.3 is 9.73 Å². The van der Waals surface area contributed by atoms with Gasteiger partial charge in [-0.2, -0.15) is 0 Å². The van der Waals surface area contributed by atoms with Crippen LogP contribution < -0.4 is 5.32 Å². The van der Waals surface area contributed by atoms with Gasteiger partial charge in [-0.15, -0.1) is 0 Å². The minimum atomic E-state index is -0.332. The Labute approximate surface area is 184 Å². The fraction of sp³-hybridized carbons (Fsp3) is 0.208. The highest BCUT2D eigenvalue weighted by Crippen LogP contribution is 2.32. The van der Waals surface area contributed by atoms with Crippen molar-refractivity contribution in [2.24, 2.45) is 0 Å². The van der Waals surface area contributed by atoms with Crippen LogP contribution in [0.5, 0.6) is 0 Å². The lowest BCUT2D eigenvalue weighted by Crippen LogP contribution is -2.37. The normalized spacial score (nSPS) is 15.3. The maximum absolute atomic E-state index is 12.6. The van der Waals surface area contributed by atoms with Gasteiger partial charge in [0.2, 0.25) is 5.91 Å². The molecule has 1 fully saturated rings. The molecule has 31 heavy (non-hydrogen) atoms. The first-order chi connectivity index (χ1) is 14.9. The van der Waals surface area contributed by atoms with E-state index in [0.717, 1.165) is 45.0 Å². The van der Waals surface area contributed by atoms with Crippen molar-refractivity contribution in [3.8, 4) is 0 Å². The number of benzene rings is 2. The predicted molar refractivity (Wildman–Crippen MR) is 122 cm³/mol. The van der Waals surface area contributed by atoms with Crippen molar-refractivity contribution in [2.75, 3.05) is 13.1 Å². The quantitative estimate of drug-likeness (QED) is 0.580. The SMILES string of the molecule is Cc1ccc(C=C2SC(=O)N(CCNC(=O)Cc3coc4cc(C)ccc34)C2=O)cc1. The summed E-state index contributed by atoms with van der Waals surface area (Å²) in [6.07, 6.45) is 3.48. The lowest BCUT2D eigenvalue weighted by molar-refractivity contribution is -0.124. The Bertz CT molecular complexity index is 1190. The molecule has 4 rings (SSSR count). The van der Waals surface area contributed by atoms with Gasteiger partial charge in [-0.3, -0.25) is 19.3 Å². The molecule has 1 saturated heterocycles. The molecule has 2 heterocycles. The summed E-state index contributed by atoms with van der Waals surface area (Å²) >= 11 is 0.919. The molecule has 1 aliphatic rings. The maximum Gasteiger partial charge on any atom is 0.293 e. The molecule has 0 bridgehead atoms. The summed E-state index contributed by atoms with van der Waals surface area (Å²) in [4.78, 5) is 38.7. The van der Waals surface area contributed by atoms with E-state index in [0.29, 0.717) is 4.91 Å². The first kappa shape index (κ1) is 20.9. The zero-order valence-corrected chi connectivity index (χ0v) is 18.1. The van der Waals surface area contributed by atoms with Crippen LogP contribution in [0.25, 0.3) is 17.0 Å². The van der Waals surface area contributed by atoms with Gasteiger partial charge in [0.1, 0.15) is 5.58 Å². The zero-order valence-electron chi connectivity index (χ0n) is 17.3. The number of carbonyl (C=O) groups is 3. The lowest BCUT2D eigenvalue weighted by Gasteiger charge is -2.12. The molecule has 7 heteroatoms. The zero-order chi connectivity index (χ0) is 22.0. The van der Waals surface area contributed by atoms with E-state index < -0.39 is 0 Å². The van der Waals surface area contributed by atoms with Crippen LogP contribution in [0.2, 0.25) is 0 Å². The van der Waals surface area contributed by atoms with Crippen LogP contribution in [0.1, 0.15) is 22.3 Å². The molecule has 0 aliphatic carbocycles. The Morgan fingerprint density at radius 2 is 1.84 bits per heavy atom. The highest BCUT2D eigenvalue weighted by Gasteiger charge is 2.34. The number of hydrogen-bond donors (Lipinski definition) is 1. The van der Waals surface area contributed by atoms with E-state index in [1.54, 1.807) is 12.3 Å². The van der Waals surface area contributed by atoms with E-state index in [9.17, 15) is 14.4 Å². The Hall–Kier alpha value is -3.32. The van der Waals surface area contributed by atoms with Crippen molar-refractivity contribution in [1.82, 2.24) is 10.2 Å². The van der Waals surface area contributed by atoms with Crippen molar-refractivity contribution >= 4 is 45.9 Å². The highest BCUT2D eigenvalue weighted by molar-refractivity contribution is 8.18. The molecule has 0 unspecified atom stereocenters. The smallest absolute Gasteiger partial charge is 0.293 e. The first-order valence-corrected chi connectivity index (χ1v) is 10.8. The molecule has 1 aromatic heterocycles. The largest absolute Gasteiger partial charge is 0.464 e. The fourth-order valence-electron chi connectivity index (χ4n) is 3.38. The number of nitrogens with one attached hydrogen (secondary N) is 1. The van der Waals surface area contributed by atoms with Crippen LogP contribution in [0, 0.1) is 13.8 Å². The predicted octanol–water partition coefficient (Wildman–Crippen LogP) is 4.44. The summed E-state index contributed by atoms with van der Waals surface area (Å²) in [6, 6.07) is 13.6. The van der Waals surface area contributed by atoms with Crippen molar-refractivity contribution in [3.05, 3.63) is 75.9 Å². The van der Waals surface area contributed by atoms with Crippen LogP contribution in [-0.4, -0.2) is 35.0 Å². The Balaban J connectivity index is 1.32. The Morgan fingerprint density at radius 1 is 1.10 bits per heavy atom. The second-order valence-corrected chi connectivity index (χ2v) is 8.52. The summed E-state index contributed by atoms with van der Waals surface area (Å²) < 4.78 is 5.53. The standard InChI is InChI=1S/C24H22N2O4S/c1-15-3-6-17(7-4-15)12-21-23(28)26(24(29)31-21)10-9-25-22(27)13-18-14-30-20-11-16(2)5-8-19(18)20/h3-8,11-12,14H,9-10,13H2,1-2H3,(H,25,27). The van der Waals surface area contributed by atoms with Crippen LogP contribution in [0.4, 0.5) is 4.79 Å². The molecule has 0 atom stereocenters. The molecule has 0 radical (unpaired) electrons. The van der Waals surface area contributed by atoms with E-state index in [1.165, 1.54) is 4.90 Å². The molecule has 0 spiro atoms. The summed E-state index contributed by atoms with van der Waals surface area (Å²) in [6.45, 7) is 4.30. The minimum Gasteiger partial charge on any atom is -0.464 e. The second kappa shape index (κ2) is 8.81. The molecular weight excluding hydrogens is 412 g/mol. The van der Waals surface area contributed by atoms with E-state index >= 15 is 0 Å². The number of fused-ring (bicyclic) bond motifs is 1. The van der Waals surface area contributed by atoms with Gasteiger partial charge in [0.05, 0.1) is 17.6 Å². The molecule has 1 aliphatic heterocycles. The van der Waals surface area contributed by atoms with Crippen molar-refractivity contribution in [2.45, 2.75) is 20.3 Å². The third kappa shape index (κ3) is 4.72. The summed E-state index contributed by atoms with van der Waals surface area (Å²) in [5.41, 5.74) is 4.64. The molecule has 158 valence electrons. The van der Waals surface area contributed by atoms with E-state index in [1.807, 2.05) is 56.3 Å². The number of imide groups is 1. The van der Waals surface area contributed by atoms with Crippen molar-refractivity contribution < 1.29 is 18.8 Å². The number of thioether (sulfide) groups is 1. The van der Waals surface area contributed by atoms with Crippen LogP contribution in [0.15, 0.2) is 58.1 Å². The lowest BCUT2D eigenvalue weighted by atomic mass is 10.1. The Kier molecular flexibility index (Phi) is 5.95. The number of aryl methyl sites for hydroxylation is 2. The molecule has 1 N–H and O–H groups in total. The topological polar surface area (TPSA) is 79.6 Å². The van der Waals surface area contributed by atoms with E-state index in [-0.39, 0.29) is 36.6 Å². The second-order valence-electron chi connectivity index (χ2n) is 7.53. The highest BCUT2D eigenvalue weighted by atomic mass is 32.2. The van der Waals surface area contributed by atoms with Crippen molar-refractivity contribution in [1.29, 1.82) is 0 Å². The number of hydrogen-bond acceptors (Lipinski definition) is 5. The fourth-order valence-corrected chi connectivity index (χ4v) is 4.24. The molecule has 3 aromatic rings. The third-order valence-electron chi connectivity index (χ3n) is 5.07. The van der Waals surface area contributed by atoms with Gasteiger partial charge in [-0.05, 0) is 48.9 Å². The Morgan fingerprint density at radius 3 is 2.61 bits per heavy atom. The summed E-state index contributed by atoms with van der Waals surface area (Å²) in [5.74, 6) is -0.522. The number of carbonyl (C=O) groups excluding carboxylic acids is 3. The molecule has 2 aromatic carbocycles. The summed E-state index contributed by atoms with van der Waals surface area (Å²) in [7, 11) is 0. The van der Waals surface area contributed by atoms with Gasteiger partial charge in [0.25, 0.3) is 11.1 Å². The van der Waals surface area contributed by atoms with Crippen LogP contribution >= 0.6 is 11.8 Å². The number of nitrogens with zero attached hydrogens (tertiary/aromatic N) is 1. The average Bonchev–Trinajstić information content (AvgIpc) is 3.24. The summed E-state index contributed by atoms with van der Waals surface area (Å²) in [5, 5.41) is 3.37. The molecule has 0 saturated carbocycles. The van der Waals surface area contributed by atoms with Crippen LogP contribution in [-0.2, 0) is 16.0 Å². The maximum atomic E-state index is 12.6. The number of amides is 3. The van der Waals surface area contributed by atoms with Crippen molar-refractivity contribution in [3.63, 3.8) is 0 Å². The molecular formula is C24H22N2O4S. The molecule has 6 nitrogen and oxygen atoms in total. The number of rotatable bonds is 6. The van der Waals surface area contributed by atoms with Gasteiger partial charge in [0.15, 0.2) is 0 Å². The van der Waals surface area contributed by atoms with E-state index in [4.69, 9.17) is 4.42 Å². The van der Waals surface area contributed by atoms with Gasteiger partial charge in [0, 0.05) is 24.0 Å². The number of furan rings is 1. The molecule has 3 amide bonds. The average molecular weight is 435 g/mol. The van der Waals surface area contributed by atoms with E-state index in [2.05, 4.69) is 5.32 Å². The van der Waals surface area contributed by atoms with Gasteiger partial charge >= 0.3 is 0 Å². The first-order valence-electron chi connectivity index (χ1n) is 9.96. The third-order valence-corrected chi connectivity index (χ3v) is 5.98. The van der Waals surface area contributed by atoms with Gasteiger partial charge in [-0.25, -0.2) is 0 Å². The van der Waals surface area contributed by atoms with Gasteiger partial charge in [-0.1, -0.05) is 42.0 Å². The minimum absolute atomic E-state index is 0.132.